The van der Waals surface area contributed by atoms with Crippen LogP contribution >= 0.6 is 0 Å². The zero-order valence-electron chi connectivity index (χ0n) is 17.4. The van der Waals surface area contributed by atoms with Gasteiger partial charge in [0.2, 0.25) is 5.76 Å². The van der Waals surface area contributed by atoms with Crippen molar-refractivity contribution in [2.24, 2.45) is 11.8 Å². The largest absolute Gasteiger partial charge is 0.460 e. The van der Waals surface area contributed by atoms with Gasteiger partial charge in [-0.1, -0.05) is 41.4 Å². The Hall–Kier alpha value is -2.63. The van der Waals surface area contributed by atoms with Crippen molar-refractivity contribution in [2.75, 3.05) is 19.5 Å². The SMILES string of the molecule is COCC1CC(C#Cc2cc(CC[C@@]3(C(=O)OCc4ccccc4)CS3(=O)=O)no2)C1. The molecule has 0 unspecified atom stereocenters. The van der Waals surface area contributed by atoms with E-state index in [0.29, 0.717) is 29.7 Å². The molecular formula is C23H25NO6S. The molecule has 0 radical (unpaired) electrons. The number of methoxy groups -OCH3 is 1. The van der Waals surface area contributed by atoms with Gasteiger partial charge in [-0.25, -0.2) is 8.42 Å². The van der Waals surface area contributed by atoms with E-state index in [1.54, 1.807) is 13.2 Å². The van der Waals surface area contributed by atoms with Crippen LogP contribution in [0.25, 0.3) is 0 Å². The van der Waals surface area contributed by atoms with E-state index in [0.717, 1.165) is 25.0 Å². The lowest BCUT2D eigenvalue weighted by Crippen LogP contribution is -2.29. The Kier molecular flexibility index (Phi) is 6.17. The predicted molar refractivity (Wildman–Crippen MR) is 113 cm³/mol. The third kappa shape index (κ3) is 4.83. The van der Waals surface area contributed by atoms with E-state index < -0.39 is 20.6 Å². The fraction of sp³-hybridized carbons (Fsp3) is 0.478. The highest BCUT2D eigenvalue weighted by atomic mass is 32.2. The Labute approximate surface area is 182 Å². The number of aryl methyl sites for hydroxylation is 1. The number of aromatic nitrogens is 1. The molecule has 0 amide bonds. The van der Waals surface area contributed by atoms with Gasteiger partial charge < -0.3 is 14.0 Å². The first-order valence-electron chi connectivity index (χ1n) is 10.3. The molecule has 1 saturated carbocycles. The van der Waals surface area contributed by atoms with Gasteiger partial charge in [0, 0.05) is 25.7 Å². The smallest absolute Gasteiger partial charge is 0.328 e. The number of carbonyl (C=O) groups is 1. The van der Waals surface area contributed by atoms with E-state index in [-0.39, 0.29) is 18.8 Å². The molecule has 0 bridgehead atoms. The van der Waals surface area contributed by atoms with Crippen LogP contribution in [-0.2, 0) is 37.1 Å². The van der Waals surface area contributed by atoms with Crippen LogP contribution in [-0.4, -0.2) is 43.8 Å². The molecule has 1 aromatic heterocycles. The number of rotatable bonds is 8. The van der Waals surface area contributed by atoms with E-state index in [1.165, 1.54) is 0 Å². The van der Waals surface area contributed by atoms with Gasteiger partial charge in [-0.3, -0.25) is 4.79 Å². The fourth-order valence-electron chi connectivity index (χ4n) is 3.86. The predicted octanol–water partition coefficient (Wildman–Crippen LogP) is 2.54. The second kappa shape index (κ2) is 8.85. The molecule has 164 valence electrons. The van der Waals surface area contributed by atoms with Gasteiger partial charge in [0.15, 0.2) is 14.6 Å². The lowest BCUT2D eigenvalue weighted by atomic mass is 9.76. The minimum absolute atomic E-state index is 0.0487. The molecule has 1 aliphatic heterocycles. The number of hydrogen-bond donors (Lipinski definition) is 0. The van der Waals surface area contributed by atoms with E-state index in [1.807, 2.05) is 30.3 Å². The van der Waals surface area contributed by atoms with Crippen LogP contribution < -0.4 is 0 Å². The molecule has 2 aromatic rings. The number of hydrogen-bond acceptors (Lipinski definition) is 7. The third-order valence-corrected chi connectivity index (χ3v) is 8.13. The van der Waals surface area contributed by atoms with Crippen LogP contribution in [0.1, 0.15) is 36.3 Å². The molecule has 8 heteroatoms. The Morgan fingerprint density at radius 1 is 1.29 bits per heavy atom. The summed E-state index contributed by atoms with van der Waals surface area (Å²) in [5.74, 6) is 6.64. The topological polar surface area (TPSA) is 95.7 Å². The van der Waals surface area contributed by atoms with Crippen molar-refractivity contribution in [3.05, 3.63) is 53.4 Å². The molecule has 4 rings (SSSR count). The highest BCUT2D eigenvalue weighted by Gasteiger charge is 2.67. The van der Waals surface area contributed by atoms with Crippen molar-refractivity contribution in [3.8, 4) is 11.8 Å². The van der Waals surface area contributed by atoms with Crippen molar-refractivity contribution in [1.82, 2.24) is 5.16 Å². The zero-order valence-corrected chi connectivity index (χ0v) is 18.2. The van der Waals surface area contributed by atoms with Gasteiger partial charge in [-0.2, -0.15) is 0 Å². The van der Waals surface area contributed by atoms with Crippen molar-refractivity contribution in [2.45, 2.75) is 37.0 Å². The molecule has 1 aliphatic carbocycles. The molecule has 0 N–H and O–H groups in total. The van der Waals surface area contributed by atoms with Crippen LogP contribution in [0.3, 0.4) is 0 Å². The molecule has 1 atom stereocenters. The summed E-state index contributed by atoms with van der Waals surface area (Å²) in [5, 5.41) is 3.97. The van der Waals surface area contributed by atoms with Crippen molar-refractivity contribution in [3.63, 3.8) is 0 Å². The maximum Gasteiger partial charge on any atom is 0.328 e. The van der Waals surface area contributed by atoms with Crippen molar-refractivity contribution >= 4 is 15.8 Å². The normalized spacial score (nSPS) is 25.7. The lowest BCUT2D eigenvalue weighted by molar-refractivity contribution is -0.146. The maximum atomic E-state index is 12.6. The summed E-state index contributed by atoms with van der Waals surface area (Å²) >= 11 is 0. The first kappa shape index (κ1) is 21.6. The average Bonchev–Trinajstić information content (AvgIpc) is 3.07. The number of carbonyl (C=O) groups excluding carboxylic acids is 1. The number of benzene rings is 1. The Bertz CT molecular complexity index is 1090. The number of nitrogens with zero attached hydrogens (tertiary/aromatic N) is 1. The summed E-state index contributed by atoms with van der Waals surface area (Å²) in [4.78, 5) is 12.6. The summed E-state index contributed by atoms with van der Waals surface area (Å²) in [6.07, 6.45) is 2.45. The van der Waals surface area contributed by atoms with Crippen molar-refractivity contribution < 1.29 is 27.2 Å². The second-order valence-corrected chi connectivity index (χ2v) is 10.6. The minimum atomic E-state index is -3.48. The number of sulfone groups is 1. The summed E-state index contributed by atoms with van der Waals surface area (Å²) in [6.45, 7) is 0.816. The van der Waals surface area contributed by atoms with Gasteiger partial charge in [0.1, 0.15) is 6.61 Å². The Balaban J connectivity index is 1.31. The van der Waals surface area contributed by atoms with E-state index in [2.05, 4.69) is 17.0 Å². The maximum absolute atomic E-state index is 12.6. The van der Waals surface area contributed by atoms with Crippen LogP contribution in [0, 0.1) is 23.7 Å². The molecule has 1 saturated heterocycles. The number of ether oxygens (including phenoxy) is 2. The van der Waals surface area contributed by atoms with Gasteiger partial charge in [0.05, 0.1) is 11.4 Å². The first-order valence-corrected chi connectivity index (χ1v) is 12.0. The fourth-order valence-corrected chi connectivity index (χ4v) is 5.70. The summed E-state index contributed by atoms with van der Waals surface area (Å²) in [6, 6.07) is 10.9. The van der Waals surface area contributed by atoms with Gasteiger partial charge in [-0.15, -0.1) is 0 Å². The zero-order chi connectivity index (χ0) is 21.9. The Morgan fingerprint density at radius 3 is 2.71 bits per heavy atom. The highest BCUT2D eigenvalue weighted by Crippen LogP contribution is 2.42. The third-order valence-electron chi connectivity index (χ3n) is 5.90. The summed E-state index contributed by atoms with van der Waals surface area (Å²) in [7, 11) is -1.78. The van der Waals surface area contributed by atoms with Gasteiger partial charge in [-0.05, 0) is 43.1 Å². The molecule has 1 aromatic carbocycles. The average molecular weight is 444 g/mol. The summed E-state index contributed by atoms with van der Waals surface area (Å²) in [5.41, 5.74) is 1.39. The molecule has 31 heavy (non-hydrogen) atoms. The Morgan fingerprint density at radius 2 is 2.03 bits per heavy atom. The second-order valence-electron chi connectivity index (χ2n) is 8.26. The van der Waals surface area contributed by atoms with Crippen LogP contribution in [0.4, 0.5) is 0 Å². The standard InChI is InChI=1S/C23H25NO6S/c1-28-14-19-11-18(12-19)7-8-21-13-20(24-30-21)9-10-23(16-31(23,26)27)22(25)29-15-17-5-3-2-4-6-17/h2-6,13,18-19H,9-12,14-16H2,1H3/t18?,19?,23-/m0/s1. The summed E-state index contributed by atoms with van der Waals surface area (Å²) < 4.78 is 38.6. The van der Waals surface area contributed by atoms with Crippen molar-refractivity contribution in [1.29, 1.82) is 0 Å². The monoisotopic (exact) mass is 443 g/mol. The van der Waals surface area contributed by atoms with E-state index in [9.17, 15) is 13.2 Å². The molecule has 7 nitrogen and oxygen atoms in total. The minimum Gasteiger partial charge on any atom is -0.460 e. The molecule has 0 spiro atoms. The van der Waals surface area contributed by atoms with E-state index in [4.69, 9.17) is 14.0 Å². The van der Waals surface area contributed by atoms with E-state index >= 15 is 0 Å². The molecule has 2 aliphatic rings. The number of esters is 1. The first-order chi connectivity index (χ1) is 14.9. The highest BCUT2D eigenvalue weighted by molar-refractivity contribution is 8.01. The lowest BCUT2D eigenvalue weighted by Gasteiger charge is -2.30. The van der Waals surface area contributed by atoms with Gasteiger partial charge >= 0.3 is 5.97 Å². The molecular weight excluding hydrogens is 418 g/mol. The van der Waals surface area contributed by atoms with Crippen LogP contribution in [0.2, 0.25) is 0 Å². The van der Waals surface area contributed by atoms with Crippen LogP contribution in [0.5, 0.6) is 0 Å². The molecule has 2 heterocycles. The van der Waals surface area contributed by atoms with Gasteiger partial charge in [0.25, 0.3) is 0 Å². The molecule has 2 fully saturated rings. The quantitative estimate of drug-likeness (QED) is 0.351. The van der Waals surface area contributed by atoms with Crippen LogP contribution in [0.15, 0.2) is 40.9 Å².